The second kappa shape index (κ2) is 4.41. The van der Waals surface area contributed by atoms with Crippen LogP contribution in [0.2, 0.25) is 0 Å². The minimum absolute atomic E-state index is 0.208. The van der Waals surface area contributed by atoms with Crippen LogP contribution in [0, 0.1) is 5.92 Å². The van der Waals surface area contributed by atoms with E-state index in [1.54, 1.807) is 6.08 Å². The third kappa shape index (κ3) is 2.45. The fraction of sp³-hybridized carbons (Fsp3) is 0.700. The van der Waals surface area contributed by atoms with Gasteiger partial charge in [0.1, 0.15) is 5.78 Å². The molecule has 1 rings (SSSR count). The van der Waals surface area contributed by atoms with Crippen LogP contribution in [-0.2, 0) is 4.79 Å². The first-order chi connectivity index (χ1) is 5.74. The van der Waals surface area contributed by atoms with Gasteiger partial charge in [0.2, 0.25) is 0 Å². The van der Waals surface area contributed by atoms with E-state index < -0.39 is 0 Å². The number of hydrogen-bond donors (Lipinski definition) is 1. The molecule has 2 heteroatoms. The number of hydrogen-bond acceptors (Lipinski definition) is 2. The Morgan fingerprint density at radius 1 is 1.67 bits per heavy atom. The molecule has 1 unspecified atom stereocenters. The van der Waals surface area contributed by atoms with Crippen LogP contribution >= 0.6 is 0 Å². The van der Waals surface area contributed by atoms with Gasteiger partial charge in [-0.05, 0) is 12.3 Å². The zero-order chi connectivity index (χ0) is 8.97. The zero-order valence-corrected chi connectivity index (χ0v) is 7.46. The Kier molecular flexibility index (Phi) is 3.48. The van der Waals surface area contributed by atoms with Crippen molar-refractivity contribution in [2.45, 2.75) is 38.1 Å². The van der Waals surface area contributed by atoms with Crippen molar-refractivity contribution in [3.8, 4) is 0 Å². The van der Waals surface area contributed by atoms with Crippen molar-refractivity contribution in [1.29, 1.82) is 0 Å². The van der Waals surface area contributed by atoms with Gasteiger partial charge >= 0.3 is 0 Å². The maximum atomic E-state index is 11.4. The average Bonchev–Trinajstić information content (AvgIpc) is 1.97. The summed E-state index contributed by atoms with van der Waals surface area (Å²) < 4.78 is 0. The van der Waals surface area contributed by atoms with E-state index in [2.05, 4.69) is 6.58 Å². The second-order valence-electron chi connectivity index (χ2n) is 3.60. The van der Waals surface area contributed by atoms with E-state index in [0.29, 0.717) is 18.8 Å². The Hall–Kier alpha value is -0.630. The SMILES string of the molecule is C=CCC(N)C(=O)CC1CCC1. The van der Waals surface area contributed by atoms with Crippen molar-refractivity contribution in [2.24, 2.45) is 11.7 Å². The molecule has 1 saturated carbocycles. The summed E-state index contributed by atoms with van der Waals surface area (Å²) in [5.41, 5.74) is 5.63. The molecule has 0 radical (unpaired) electrons. The highest BCUT2D eigenvalue weighted by molar-refractivity contribution is 5.84. The zero-order valence-electron chi connectivity index (χ0n) is 7.46. The van der Waals surface area contributed by atoms with E-state index in [0.717, 1.165) is 0 Å². The van der Waals surface area contributed by atoms with Gasteiger partial charge in [0.25, 0.3) is 0 Å². The van der Waals surface area contributed by atoms with Gasteiger partial charge in [0, 0.05) is 6.42 Å². The van der Waals surface area contributed by atoms with Gasteiger partial charge < -0.3 is 5.73 Å². The van der Waals surface area contributed by atoms with E-state index in [1.807, 2.05) is 0 Å². The summed E-state index contributed by atoms with van der Waals surface area (Å²) in [6.45, 7) is 3.56. The molecule has 0 aliphatic heterocycles. The minimum atomic E-state index is -0.303. The van der Waals surface area contributed by atoms with Gasteiger partial charge in [-0.15, -0.1) is 6.58 Å². The first-order valence-electron chi connectivity index (χ1n) is 4.63. The molecule has 0 saturated heterocycles. The lowest BCUT2D eigenvalue weighted by Crippen LogP contribution is -2.32. The summed E-state index contributed by atoms with van der Waals surface area (Å²) in [5.74, 6) is 0.841. The predicted octanol–water partition coefficient (Wildman–Crippen LogP) is 1.65. The van der Waals surface area contributed by atoms with Crippen molar-refractivity contribution in [3.63, 3.8) is 0 Å². The van der Waals surface area contributed by atoms with Crippen LogP contribution in [0.4, 0.5) is 0 Å². The van der Waals surface area contributed by atoms with E-state index >= 15 is 0 Å². The molecule has 0 aromatic carbocycles. The Morgan fingerprint density at radius 2 is 2.33 bits per heavy atom. The van der Waals surface area contributed by atoms with E-state index in [9.17, 15) is 4.79 Å². The highest BCUT2D eigenvalue weighted by Crippen LogP contribution is 2.29. The summed E-state index contributed by atoms with van der Waals surface area (Å²) in [4.78, 5) is 11.4. The third-order valence-corrected chi connectivity index (χ3v) is 2.55. The molecular formula is C10H17NO. The molecule has 2 N–H and O–H groups in total. The molecule has 2 nitrogen and oxygen atoms in total. The molecule has 12 heavy (non-hydrogen) atoms. The molecule has 0 amide bonds. The van der Waals surface area contributed by atoms with E-state index in [1.165, 1.54) is 19.3 Å². The summed E-state index contributed by atoms with van der Waals surface area (Å²) in [5, 5.41) is 0. The van der Waals surface area contributed by atoms with Crippen LogP contribution in [0.15, 0.2) is 12.7 Å². The standard InChI is InChI=1S/C10H17NO/c1-2-4-9(11)10(12)7-8-5-3-6-8/h2,8-9H,1,3-7,11H2. The molecule has 0 bridgehead atoms. The molecular weight excluding hydrogens is 150 g/mol. The number of carbonyl (C=O) groups is 1. The maximum Gasteiger partial charge on any atom is 0.150 e. The van der Waals surface area contributed by atoms with Crippen molar-refractivity contribution in [1.82, 2.24) is 0 Å². The molecule has 1 atom stereocenters. The number of rotatable bonds is 5. The molecule has 0 heterocycles. The molecule has 1 fully saturated rings. The lowest BCUT2D eigenvalue weighted by atomic mass is 9.81. The topological polar surface area (TPSA) is 43.1 Å². The van der Waals surface area contributed by atoms with Crippen molar-refractivity contribution in [2.75, 3.05) is 0 Å². The normalized spacial score (nSPS) is 19.8. The minimum Gasteiger partial charge on any atom is -0.321 e. The van der Waals surface area contributed by atoms with Crippen LogP contribution in [0.25, 0.3) is 0 Å². The lowest BCUT2D eigenvalue weighted by molar-refractivity contribution is -0.121. The van der Waals surface area contributed by atoms with Crippen molar-refractivity contribution in [3.05, 3.63) is 12.7 Å². The summed E-state index contributed by atoms with van der Waals surface area (Å²) in [7, 11) is 0. The summed E-state index contributed by atoms with van der Waals surface area (Å²) in [6.07, 6.45) is 6.73. The largest absolute Gasteiger partial charge is 0.321 e. The fourth-order valence-electron chi connectivity index (χ4n) is 1.44. The van der Waals surface area contributed by atoms with Gasteiger partial charge in [-0.2, -0.15) is 0 Å². The Labute approximate surface area is 73.8 Å². The fourth-order valence-corrected chi connectivity index (χ4v) is 1.44. The second-order valence-corrected chi connectivity index (χ2v) is 3.60. The maximum absolute atomic E-state index is 11.4. The van der Waals surface area contributed by atoms with E-state index in [-0.39, 0.29) is 11.8 Å². The molecule has 0 aromatic heterocycles. The van der Waals surface area contributed by atoms with Crippen molar-refractivity contribution >= 4 is 5.78 Å². The Bertz CT molecular complexity index is 173. The molecule has 1 aliphatic rings. The van der Waals surface area contributed by atoms with Gasteiger partial charge in [0.05, 0.1) is 6.04 Å². The predicted molar refractivity (Wildman–Crippen MR) is 49.8 cm³/mol. The molecule has 0 spiro atoms. The van der Waals surface area contributed by atoms with Gasteiger partial charge in [-0.25, -0.2) is 0 Å². The first kappa shape index (κ1) is 9.46. The van der Waals surface area contributed by atoms with Crippen LogP contribution < -0.4 is 5.73 Å². The third-order valence-electron chi connectivity index (χ3n) is 2.55. The monoisotopic (exact) mass is 167 g/mol. The number of nitrogens with two attached hydrogens (primary N) is 1. The van der Waals surface area contributed by atoms with Gasteiger partial charge in [-0.1, -0.05) is 25.3 Å². The molecule has 68 valence electrons. The van der Waals surface area contributed by atoms with Crippen molar-refractivity contribution < 1.29 is 4.79 Å². The van der Waals surface area contributed by atoms with Gasteiger partial charge in [-0.3, -0.25) is 4.79 Å². The summed E-state index contributed by atoms with van der Waals surface area (Å²) >= 11 is 0. The Morgan fingerprint density at radius 3 is 2.75 bits per heavy atom. The van der Waals surface area contributed by atoms with Crippen LogP contribution in [0.1, 0.15) is 32.1 Å². The van der Waals surface area contributed by atoms with Crippen LogP contribution in [0.5, 0.6) is 0 Å². The molecule has 1 aliphatic carbocycles. The average molecular weight is 167 g/mol. The highest BCUT2D eigenvalue weighted by atomic mass is 16.1. The smallest absolute Gasteiger partial charge is 0.150 e. The van der Waals surface area contributed by atoms with E-state index in [4.69, 9.17) is 5.73 Å². The highest BCUT2D eigenvalue weighted by Gasteiger charge is 2.22. The first-order valence-corrected chi connectivity index (χ1v) is 4.63. The van der Waals surface area contributed by atoms with Crippen LogP contribution in [-0.4, -0.2) is 11.8 Å². The molecule has 0 aromatic rings. The summed E-state index contributed by atoms with van der Waals surface area (Å²) in [6, 6.07) is -0.303. The number of ketones is 1. The lowest BCUT2D eigenvalue weighted by Gasteiger charge is -2.25. The quantitative estimate of drug-likeness (QED) is 0.633. The van der Waals surface area contributed by atoms with Crippen LogP contribution in [0.3, 0.4) is 0 Å². The Balaban J connectivity index is 2.21. The van der Waals surface area contributed by atoms with Gasteiger partial charge in [0.15, 0.2) is 0 Å². The number of carbonyl (C=O) groups excluding carboxylic acids is 1. The number of Topliss-reactive ketones (excluding diaryl/α,β-unsaturated/α-hetero) is 1.